The Morgan fingerprint density at radius 1 is 0.947 bits per heavy atom. The van der Waals surface area contributed by atoms with Crippen LogP contribution in [0.1, 0.15) is 83.5 Å². The number of nitrogens with one attached hydrogen (secondary N) is 2. The molecule has 7 heteroatoms. The molecule has 0 aliphatic carbocycles. The van der Waals surface area contributed by atoms with E-state index in [1.54, 1.807) is 25.7 Å². The fourth-order valence-corrected chi connectivity index (χ4v) is 4.23. The Bertz CT molecular complexity index is 1030. The number of nitrogens with zero attached hydrogens (tertiary/aromatic N) is 1. The van der Waals surface area contributed by atoms with Crippen LogP contribution in [0.25, 0.3) is 0 Å². The van der Waals surface area contributed by atoms with Gasteiger partial charge >= 0.3 is 6.09 Å². The molecule has 0 radical (unpaired) electrons. The number of hydrogen-bond donors (Lipinski definition) is 2. The molecule has 2 N–H and O–H groups in total. The third-order valence-corrected chi connectivity index (χ3v) is 6.08. The Morgan fingerprint density at radius 2 is 1.58 bits per heavy atom. The Hall–Kier alpha value is -3.35. The first-order valence-corrected chi connectivity index (χ1v) is 13.6. The van der Waals surface area contributed by atoms with Gasteiger partial charge in [0.2, 0.25) is 11.8 Å². The van der Waals surface area contributed by atoms with Crippen molar-refractivity contribution >= 4 is 17.9 Å². The zero-order valence-corrected chi connectivity index (χ0v) is 24.0. The second-order valence-corrected chi connectivity index (χ2v) is 11.0. The number of amides is 3. The lowest BCUT2D eigenvalue weighted by atomic mass is 9.98. The van der Waals surface area contributed by atoms with Crippen molar-refractivity contribution in [3.05, 3.63) is 71.3 Å². The van der Waals surface area contributed by atoms with Crippen LogP contribution >= 0.6 is 0 Å². The van der Waals surface area contributed by atoms with Crippen LogP contribution in [0.2, 0.25) is 0 Å². The number of benzene rings is 2. The van der Waals surface area contributed by atoms with E-state index in [0.29, 0.717) is 6.54 Å². The van der Waals surface area contributed by atoms with Crippen molar-refractivity contribution < 1.29 is 19.1 Å². The summed E-state index contributed by atoms with van der Waals surface area (Å²) in [7, 11) is 0. The van der Waals surface area contributed by atoms with Crippen LogP contribution in [0.15, 0.2) is 54.6 Å². The SMILES string of the molecule is CCCCCNC(=O)C(c1ccc(C)cc1)N(C(=O)C(Cc1ccccc1)NC(=O)OC(C)(C)C)C(C)C. The van der Waals surface area contributed by atoms with Gasteiger partial charge in [-0.2, -0.15) is 0 Å². The van der Waals surface area contributed by atoms with Gasteiger partial charge in [0.25, 0.3) is 0 Å². The Labute approximate surface area is 228 Å². The van der Waals surface area contributed by atoms with Crippen LogP contribution in [0.5, 0.6) is 0 Å². The first kappa shape index (κ1) is 30.9. The van der Waals surface area contributed by atoms with E-state index in [0.717, 1.165) is 36.0 Å². The van der Waals surface area contributed by atoms with Gasteiger partial charge in [-0.15, -0.1) is 0 Å². The van der Waals surface area contributed by atoms with Crippen molar-refractivity contribution in [2.24, 2.45) is 0 Å². The smallest absolute Gasteiger partial charge is 0.408 e. The van der Waals surface area contributed by atoms with Crippen LogP contribution in [-0.2, 0) is 20.7 Å². The summed E-state index contributed by atoms with van der Waals surface area (Å²) in [5.41, 5.74) is 1.96. The average molecular weight is 524 g/mol. The van der Waals surface area contributed by atoms with Gasteiger partial charge < -0.3 is 20.3 Å². The molecule has 0 bridgehead atoms. The van der Waals surface area contributed by atoms with E-state index in [9.17, 15) is 14.4 Å². The summed E-state index contributed by atoms with van der Waals surface area (Å²) in [6.07, 6.45) is 2.52. The number of aryl methyl sites for hydroxylation is 1. The minimum absolute atomic E-state index is 0.234. The zero-order valence-electron chi connectivity index (χ0n) is 24.0. The highest BCUT2D eigenvalue weighted by Crippen LogP contribution is 2.26. The number of unbranched alkanes of at least 4 members (excludes halogenated alkanes) is 2. The number of ether oxygens (including phenoxy) is 1. The van der Waals surface area contributed by atoms with E-state index in [-0.39, 0.29) is 24.3 Å². The van der Waals surface area contributed by atoms with Crippen molar-refractivity contribution in [2.75, 3.05) is 6.54 Å². The van der Waals surface area contributed by atoms with E-state index in [2.05, 4.69) is 17.6 Å². The standard InChI is InChI=1S/C31H45N3O4/c1-8-9-13-20-32-28(35)27(25-18-16-23(4)17-19-25)34(22(2)3)29(36)26(21-24-14-11-10-12-15-24)33-30(37)38-31(5,6)7/h10-12,14-19,22,26-27H,8-9,13,20-21H2,1-7H3,(H,32,35)(H,33,37). The van der Waals surface area contributed by atoms with Crippen molar-refractivity contribution in [1.29, 1.82) is 0 Å². The molecule has 0 spiro atoms. The number of hydrogen-bond acceptors (Lipinski definition) is 4. The van der Waals surface area contributed by atoms with Gasteiger partial charge in [-0.3, -0.25) is 9.59 Å². The maximum atomic E-state index is 14.2. The second kappa shape index (κ2) is 14.6. The van der Waals surface area contributed by atoms with Gasteiger partial charge in [0.05, 0.1) is 0 Å². The van der Waals surface area contributed by atoms with Crippen molar-refractivity contribution in [2.45, 2.75) is 97.9 Å². The molecule has 0 heterocycles. The summed E-state index contributed by atoms with van der Waals surface area (Å²) in [4.78, 5) is 42.2. The van der Waals surface area contributed by atoms with Gasteiger partial charge in [0.1, 0.15) is 17.7 Å². The molecule has 2 atom stereocenters. The molecule has 2 unspecified atom stereocenters. The van der Waals surface area contributed by atoms with Crippen LogP contribution < -0.4 is 10.6 Å². The summed E-state index contributed by atoms with van der Waals surface area (Å²) in [6, 6.07) is 15.1. The molecular weight excluding hydrogens is 478 g/mol. The summed E-state index contributed by atoms with van der Waals surface area (Å²) >= 11 is 0. The van der Waals surface area contributed by atoms with Crippen LogP contribution in [0.4, 0.5) is 4.79 Å². The average Bonchev–Trinajstić information content (AvgIpc) is 2.84. The Kier molecular flexibility index (Phi) is 11.8. The van der Waals surface area contributed by atoms with Gasteiger partial charge in [-0.05, 0) is 59.1 Å². The molecule has 2 rings (SSSR count). The molecule has 0 fully saturated rings. The highest BCUT2D eigenvalue weighted by atomic mass is 16.6. The minimum atomic E-state index is -0.921. The summed E-state index contributed by atoms with van der Waals surface area (Å²) in [5.74, 6) is -0.577. The van der Waals surface area contributed by atoms with Crippen LogP contribution in [0, 0.1) is 6.92 Å². The summed E-state index contributed by atoms with van der Waals surface area (Å²) < 4.78 is 5.48. The second-order valence-electron chi connectivity index (χ2n) is 11.0. The number of carbonyl (C=O) groups is 3. The molecule has 208 valence electrons. The Morgan fingerprint density at radius 3 is 2.13 bits per heavy atom. The van der Waals surface area contributed by atoms with Crippen molar-refractivity contribution in [3.63, 3.8) is 0 Å². The quantitative estimate of drug-likeness (QED) is 0.349. The Balaban J connectivity index is 2.46. The summed E-state index contributed by atoms with van der Waals surface area (Å²) in [6.45, 7) is 13.7. The van der Waals surface area contributed by atoms with Gasteiger partial charge in [-0.25, -0.2) is 4.79 Å². The van der Waals surface area contributed by atoms with Gasteiger partial charge in [0, 0.05) is 19.0 Å². The monoisotopic (exact) mass is 523 g/mol. The molecule has 38 heavy (non-hydrogen) atoms. The molecule has 0 aliphatic heterocycles. The first-order chi connectivity index (χ1) is 17.9. The lowest BCUT2D eigenvalue weighted by Gasteiger charge is -2.37. The molecule has 0 aromatic heterocycles. The molecule has 0 saturated carbocycles. The lowest BCUT2D eigenvalue weighted by molar-refractivity contribution is -0.144. The molecular formula is C31H45N3O4. The van der Waals surface area contributed by atoms with Crippen LogP contribution in [0.3, 0.4) is 0 Å². The normalized spacial score (nSPS) is 12.9. The molecule has 0 saturated heterocycles. The fraction of sp³-hybridized carbons (Fsp3) is 0.516. The van der Waals surface area contributed by atoms with E-state index < -0.39 is 23.8 Å². The lowest BCUT2D eigenvalue weighted by Crippen LogP contribution is -2.55. The molecule has 0 aliphatic rings. The topological polar surface area (TPSA) is 87.7 Å². The summed E-state index contributed by atoms with van der Waals surface area (Å²) in [5, 5.41) is 5.82. The molecule has 2 aromatic carbocycles. The molecule has 2 aromatic rings. The third kappa shape index (κ3) is 9.84. The highest BCUT2D eigenvalue weighted by Gasteiger charge is 2.37. The number of alkyl carbamates (subject to hydrolysis) is 1. The minimum Gasteiger partial charge on any atom is -0.444 e. The molecule has 3 amide bonds. The maximum absolute atomic E-state index is 14.2. The zero-order chi connectivity index (χ0) is 28.3. The fourth-order valence-electron chi connectivity index (χ4n) is 4.23. The largest absolute Gasteiger partial charge is 0.444 e. The van der Waals surface area contributed by atoms with Crippen molar-refractivity contribution in [3.8, 4) is 0 Å². The van der Waals surface area contributed by atoms with E-state index in [4.69, 9.17) is 4.74 Å². The van der Waals surface area contributed by atoms with E-state index >= 15 is 0 Å². The van der Waals surface area contributed by atoms with E-state index in [1.807, 2.05) is 75.4 Å². The maximum Gasteiger partial charge on any atom is 0.408 e. The number of rotatable bonds is 12. The van der Waals surface area contributed by atoms with Crippen LogP contribution in [-0.4, -0.2) is 47.0 Å². The predicted octanol–water partition coefficient (Wildman–Crippen LogP) is 5.72. The molecule has 7 nitrogen and oxygen atoms in total. The van der Waals surface area contributed by atoms with Crippen molar-refractivity contribution in [1.82, 2.24) is 15.5 Å². The van der Waals surface area contributed by atoms with E-state index in [1.165, 1.54) is 0 Å². The first-order valence-electron chi connectivity index (χ1n) is 13.6. The third-order valence-electron chi connectivity index (χ3n) is 6.08. The highest BCUT2D eigenvalue weighted by molar-refractivity contribution is 5.92. The van der Waals surface area contributed by atoms with Gasteiger partial charge in [0.15, 0.2) is 0 Å². The number of carbonyl (C=O) groups excluding carboxylic acids is 3. The van der Waals surface area contributed by atoms with Gasteiger partial charge in [-0.1, -0.05) is 79.9 Å². The predicted molar refractivity (Wildman–Crippen MR) is 152 cm³/mol.